The zero-order valence-corrected chi connectivity index (χ0v) is 16.3. The summed E-state index contributed by atoms with van der Waals surface area (Å²) in [5, 5.41) is 3.21. The lowest BCUT2D eigenvalue weighted by atomic mass is 10.0. The Kier molecular flexibility index (Phi) is 5.60. The molecule has 0 bridgehead atoms. The highest BCUT2D eigenvalue weighted by Crippen LogP contribution is 2.25. The van der Waals surface area contributed by atoms with E-state index < -0.39 is 0 Å². The van der Waals surface area contributed by atoms with Crippen LogP contribution in [-0.4, -0.2) is 12.8 Å². The third-order valence-corrected chi connectivity index (χ3v) is 4.80. The molecule has 0 saturated heterocycles. The van der Waals surface area contributed by atoms with Gasteiger partial charge >= 0.3 is 0 Å². The van der Waals surface area contributed by atoms with Gasteiger partial charge in [0.2, 0.25) is 0 Å². The van der Waals surface area contributed by atoms with Gasteiger partial charge in [0.1, 0.15) is 12.4 Å². The summed E-state index contributed by atoms with van der Waals surface area (Å²) in [6.45, 7) is 6.54. The molecule has 0 radical (unpaired) electrons. The third-order valence-electron chi connectivity index (χ3n) is 4.80. The molecular formula is C24H25NO2. The van der Waals surface area contributed by atoms with Crippen LogP contribution in [0.15, 0.2) is 60.7 Å². The Bertz CT molecular complexity index is 959. The molecule has 0 aromatic heterocycles. The van der Waals surface area contributed by atoms with Crippen molar-refractivity contribution >= 4 is 11.5 Å². The Morgan fingerprint density at radius 3 is 2.26 bits per heavy atom. The van der Waals surface area contributed by atoms with Crippen LogP contribution >= 0.6 is 0 Å². The predicted octanol–water partition coefficient (Wildman–Crippen LogP) is 5.46. The highest BCUT2D eigenvalue weighted by atomic mass is 16.5. The number of ether oxygens (including phenoxy) is 1. The van der Waals surface area contributed by atoms with Gasteiger partial charge in [-0.2, -0.15) is 0 Å². The average Bonchev–Trinajstić information content (AvgIpc) is 2.67. The molecule has 3 nitrogen and oxygen atoms in total. The predicted molar refractivity (Wildman–Crippen MR) is 111 cm³/mol. The third kappa shape index (κ3) is 4.20. The van der Waals surface area contributed by atoms with Crippen molar-refractivity contribution in [3.8, 4) is 5.75 Å². The van der Waals surface area contributed by atoms with E-state index >= 15 is 0 Å². The molecule has 0 fully saturated rings. The number of ketones is 1. The van der Waals surface area contributed by atoms with Crippen molar-refractivity contribution in [2.24, 2.45) is 0 Å². The summed E-state index contributed by atoms with van der Waals surface area (Å²) in [7, 11) is 1.91. The lowest BCUT2D eigenvalue weighted by Gasteiger charge is -2.15. The van der Waals surface area contributed by atoms with Crippen LogP contribution in [0.3, 0.4) is 0 Å². The maximum absolute atomic E-state index is 12.7. The minimum Gasteiger partial charge on any atom is -0.489 e. The van der Waals surface area contributed by atoms with Crippen LogP contribution in [-0.2, 0) is 6.61 Å². The quantitative estimate of drug-likeness (QED) is 0.594. The fraction of sp³-hybridized carbons (Fsp3) is 0.208. The number of hydrogen-bond acceptors (Lipinski definition) is 3. The summed E-state index contributed by atoms with van der Waals surface area (Å²) in [6, 6.07) is 19.4. The summed E-state index contributed by atoms with van der Waals surface area (Å²) < 4.78 is 6.05. The van der Waals surface area contributed by atoms with E-state index in [4.69, 9.17) is 4.74 Å². The monoisotopic (exact) mass is 359 g/mol. The summed E-state index contributed by atoms with van der Waals surface area (Å²) in [5.74, 6) is 0.821. The average molecular weight is 359 g/mol. The Labute approximate surface area is 161 Å². The zero-order valence-electron chi connectivity index (χ0n) is 16.3. The lowest BCUT2D eigenvalue weighted by molar-refractivity contribution is 0.103. The first-order valence-corrected chi connectivity index (χ1v) is 9.10. The normalized spacial score (nSPS) is 10.5. The van der Waals surface area contributed by atoms with Gasteiger partial charge in [-0.15, -0.1) is 0 Å². The van der Waals surface area contributed by atoms with E-state index in [1.54, 1.807) is 0 Å². The van der Waals surface area contributed by atoms with Crippen LogP contribution in [0.25, 0.3) is 0 Å². The molecule has 27 heavy (non-hydrogen) atoms. The van der Waals surface area contributed by atoms with Gasteiger partial charge in [-0.3, -0.25) is 4.79 Å². The van der Waals surface area contributed by atoms with Crippen molar-refractivity contribution in [2.75, 3.05) is 12.4 Å². The number of hydrogen-bond donors (Lipinski definition) is 1. The van der Waals surface area contributed by atoms with Crippen LogP contribution in [0, 0.1) is 20.8 Å². The molecule has 0 amide bonds. The van der Waals surface area contributed by atoms with Crippen LogP contribution in [0.1, 0.15) is 38.2 Å². The largest absolute Gasteiger partial charge is 0.489 e. The van der Waals surface area contributed by atoms with Crippen LogP contribution < -0.4 is 10.1 Å². The van der Waals surface area contributed by atoms with Crippen LogP contribution in [0.2, 0.25) is 0 Å². The van der Waals surface area contributed by atoms with Crippen molar-refractivity contribution in [1.82, 2.24) is 0 Å². The van der Waals surface area contributed by atoms with E-state index in [0.29, 0.717) is 17.7 Å². The fourth-order valence-electron chi connectivity index (χ4n) is 3.10. The molecule has 138 valence electrons. The first-order chi connectivity index (χ1) is 13.0. The molecule has 3 aromatic rings. The van der Waals surface area contributed by atoms with Crippen molar-refractivity contribution < 1.29 is 9.53 Å². The standard InChI is InChI=1S/C24H25NO2/c1-16-8-10-19(11-9-16)24(26)20-12-13-23(18(3)14-20)27-15-21-17(2)6-5-7-22(21)25-4/h5-14,25H,15H2,1-4H3. The number of carbonyl (C=O) groups excluding carboxylic acids is 1. The molecule has 0 spiro atoms. The second-order valence-electron chi connectivity index (χ2n) is 6.82. The van der Waals surface area contributed by atoms with Gasteiger partial charge < -0.3 is 10.1 Å². The summed E-state index contributed by atoms with van der Waals surface area (Å²) in [6.07, 6.45) is 0. The molecule has 1 N–H and O–H groups in total. The van der Waals surface area contributed by atoms with E-state index in [9.17, 15) is 4.79 Å². The maximum Gasteiger partial charge on any atom is 0.193 e. The first kappa shape index (κ1) is 18.7. The van der Waals surface area contributed by atoms with Gasteiger partial charge in [0, 0.05) is 29.4 Å². The number of aryl methyl sites for hydroxylation is 3. The lowest BCUT2D eigenvalue weighted by Crippen LogP contribution is -2.05. The Morgan fingerprint density at radius 2 is 1.59 bits per heavy atom. The second-order valence-corrected chi connectivity index (χ2v) is 6.82. The van der Waals surface area contributed by atoms with E-state index in [1.165, 1.54) is 5.56 Å². The topological polar surface area (TPSA) is 38.3 Å². The number of rotatable bonds is 6. The van der Waals surface area contributed by atoms with Gasteiger partial charge in [-0.05, 0) is 56.2 Å². The molecule has 3 rings (SSSR count). The Morgan fingerprint density at radius 1 is 0.889 bits per heavy atom. The Hall–Kier alpha value is -3.07. The summed E-state index contributed by atoms with van der Waals surface area (Å²) >= 11 is 0. The van der Waals surface area contributed by atoms with Gasteiger partial charge in [-0.1, -0.05) is 42.0 Å². The van der Waals surface area contributed by atoms with Gasteiger partial charge in [0.15, 0.2) is 5.78 Å². The minimum absolute atomic E-state index is 0.0287. The molecule has 0 aliphatic carbocycles. The molecule has 0 atom stereocenters. The molecule has 0 saturated carbocycles. The zero-order chi connectivity index (χ0) is 19.4. The van der Waals surface area contributed by atoms with Crippen molar-refractivity contribution in [2.45, 2.75) is 27.4 Å². The van der Waals surface area contributed by atoms with Crippen molar-refractivity contribution in [3.05, 3.63) is 94.0 Å². The van der Waals surface area contributed by atoms with E-state index in [1.807, 2.05) is 75.5 Å². The highest BCUT2D eigenvalue weighted by molar-refractivity contribution is 6.09. The van der Waals surface area contributed by atoms with Crippen molar-refractivity contribution in [3.63, 3.8) is 0 Å². The van der Waals surface area contributed by atoms with Gasteiger partial charge in [0.05, 0.1) is 0 Å². The van der Waals surface area contributed by atoms with Gasteiger partial charge in [0.25, 0.3) is 0 Å². The number of nitrogens with one attached hydrogen (secondary N) is 1. The maximum atomic E-state index is 12.7. The van der Waals surface area contributed by atoms with E-state index in [2.05, 4.69) is 18.3 Å². The molecular weight excluding hydrogens is 334 g/mol. The number of anilines is 1. The number of benzene rings is 3. The SMILES string of the molecule is CNc1cccc(C)c1COc1ccc(C(=O)c2ccc(C)cc2)cc1C. The molecule has 0 aliphatic rings. The fourth-order valence-corrected chi connectivity index (χ4v) is 3.10. The van der Waals surface area contributed by atoms with Gasteiger partial charge in [-0.25, -0.2) is 0 Å². The molecule has 3 heteroatoms. The smallest absolute Gasteiger partial charge is 0.193 e. The highest BCUT2D eigenvalue weighted by Gasteiger charge is 2.12. The molecule has 3 aromatic carbocycles. The first-order valence-electron chi connectivity index (χ1n) is 9.10. The van der Waals surface area contributed by atoms with Crippen LogP contribution in [0.5, 0.6) is 5.75 Å². The Balaban J connectivity index is 1.77. The molecule has 0 unspecified atom stereocenters. The second kappa shape index (κ2) is 8.09. The molecule has 0 aliphatic heterocycles. The summed E-state index contributed by atoms with van der Waals surface area (Å²) in [4.78, 5) is 12.7. The van der Waals surface area contributed by atoms with Crippen molar-refractivity contribution in [1.29, 1.82) is 0 Å². The minimum atomic E-state index is 0.0287. The van der Waals surface area contributed by atoms with Crippen LogP contribution in [0.4, 0.5) is 5.69 Å². The summed E-state index contributed by atoms with van der Waals surface area (Å²) in [5.41, 5.74) is 6.86. The van der Waals surface area contributed by atoms with E-state index in [0.717, 1.165) is 28.1 Å². The van der Waals surface area contributed by atoms with E-state index in [-0.39, 0.29) is 5.78 Å². The number of carbonyl (C=O) groups is 1. The molecule has 0 heterocycles.